The number of terminal acetylenes is 1. The number of rotatable bonds is 3. The van der Waals surface area contributed by atoms with Crippen LogP contribution in [0.3, 0.4) is 0 Å². The normalized spacial score (nSPS) is 12.0. The first-order valence-corrected chi connectivity index (χ1v) is 7.39. The van der Waals surface area contributed by atoms with Crippen LogP contribution in [-0.2, 0) is 6.42 Å². The molecule has 0 radical (unpaired) electrons. The highest BCUT2D eigenvalue weighted by Gasteiger charge is 2.04. The Kier molecular flexibility index (Phi) is 3.96. The molecule has 3 aromatic carbocycles. The molecular formula is C21H18O. The number of aliphatic hydroxyl groups is 1. The second-order valence-electron chi connectivity index (χ2n) is 5.65. The van der Waals surface area contributed by atoms with Crippen LogP contribution in [0.15, 0.2) is 60.7 Å². The fraction of sp³-hybridized carbons (Fsp3) is 0.143. The van der Waals surface area contributed by atoms with E-state index in [1.165, 1.54) is 22.1 Å². The van der Waals surface area contributed by atoms with Gasteiger partial charge in [-0.1, -0.05) is 66.1 Å². The lowest BCUT2D eigenvalue weighted by atomic mass is 9.98. The van der Waals surface area contributed by atoms with Crippen molar-refractivity contribution >= 4 is 10.8 Å². The van der Waals surface area contributed by atoms with Crippen LogP contribution in [0.4, 0.5) is 0 Å². The smallest absolute Gasteiger partial charge is 0.118 e. The minimum absolute atomic E-state index is 0.492. The summed E-state index contributed by atoms with van der Waals surface area (Å²) in [5, 5.41) is 11.9. The fourth-order valence-corrected chi connectivity index (χ4v) is 2.63. The van der Waals surface area contributed by atoms with Crippen molar-refractivity contribution in [2.75, 3.05) is 0 Å². The summed E-state index contributed by atoms with van der Waals surface area (Å²) in [5.41, 5.74) is 4.76. The van der Waals surface area contributed by atoms with E-state index in [2.05, 4.69) is 67.4 Å². The highest BCUT2D eigenvalue weighted by atomic mass is 16.3. The monoisotopic (exact) mass is 286 g/mol. The van der Waals surface area contributed by atoms with Crippen LogP contribution in [0.25, 0.3) is 21.9 Å². The Morgan fingerprint density at radius 1 is 0.909 bits per heavy atom. The van der Waals surface area contributed by atoms with Crippen LogP contribution in [0, 0.1) is 19.3 Å². The van der Waals surface area contributed by atoms with E-state index in [1.807, 2.05) is 6.07 Å². The number of hydrogen-bond acceptors (Lipinski definition) is 1. The molecule has 0 fully saturated rings. The maximum atomic E-state index is 9.56. The second kappa shape index (κ2) is 6.05. The first-order chi connectivity index (χ1) is 10.7. The van der Waals surface area contributed by atoms with Gasteiger partial charge >= 0.3 is 0 Å². The Bertz CT molecular complexity index is 838. The predicted molar refractivity (Wildman–Crippen MR) is 92.7 cm³/mol. The lowest BCUT2D eigenvalue weighted by Crippen LogP contribution is -2.06. The van der Waals surface area contributed by atoms with Gasteiger partial charge in [0.25, 0.3) is 0 Å². The molecule has 0 aromatic heterocycles. The quantitative estimate of drug-likeness (QED) is 0.710. The summed E-state index contributed by atoms with van der Waals surface area (Å²) in [6.07, 6.45) is 5.00. The summed E-state index contributed by atoms with van der Waals surface area (Å²) in [6.45, 7) is 2.09. The number of hydrogen-bond donors (Lipinski definition) is 1. The van der Waals surface area contributed by atoms with E-state index in [-0.39, 0.29) is 0 Å². The standard InChI is InChI=1S/C21H18O/c1-3-21(22)13-16-6-9-20-14-19(11-10-18(20)12-16)17-7-4-15(2)5-8-17/h1,4-12,14,21-22H,13H2,2H3. The van der Waals surface area contributed by atoms with Gasteiger partial charge in [-0.25, -0.2) is 0 Å². The van der Waals surface area contributed by atoms with Crippen molar-refractivity contribution in [1.82, 2.24) is 0 Å². The van der Waals surface area contributed by atoms with Gasteiger partial charge in [0.2, 0.25) is 0 Å². The molecule has 3 rings (SSSR count). The van der Waals surface area contributed by atoms with Gasteiger partial charge in [-0.3, -0.25) is 0 Å². The summed E-state index contributed by atoms with van der Waals surface area (Å²) in [7, 11) is 0. The molecule has 0 aliphatic heterocycles. The molecule has 1 N–H and O–H groups in total. The van der Waals surface area contributed by atoms with Crippen LogP contribution in [-0.4, -0.2) is 11.2 Å². The first kappa shape index (κ1) is 14.4. The maximum absolute atomic E-state index is 9.56. The van der Waals surface area contributed by atoms with Crippen molar-refractivity contribution in [2.45, 2.75) is 19.4 Å². The van der Waals surface area contributed by atoms with Crippen molar-refractivity contribution in [3.8, 4) is 23.5 Å². The Labute approximate surface area is 131 Å². The van der Waals surface area contributed by atoms with Crippen molar-refractivity contribution in [1.29, 1.82) is 0 Å². The van der Waals surface area contributed by atoms with Crippen LogP contribution in [0.1, 0.15) is 11.1 Å². The molecule has 1 atom stereocenters. The van der Waals surface area contributed by atoms with Crippen LogP contribution in [0.5, 0.6) is 0 Å². The molecule has 0 spiro atoms. The zero-order valence-corrected chi connectivity index (χ0v) is 12.6. The molecule has 0 heterocycles. The molecule has 1 unspecified atom stereocenters. The summed E-state index contributed by atoms with van der Waals surface area (Å²) in [4.78, 5) is 0. The molecule has 0 amide bonds. The van der Waals surface area contributed by atoms with E-state index in [9.17, 15) is 5.11 Å². The molecule has 0 bridgehead atoms. The molecule has 1 heteroatoms. The first-order valence-electron chi connectivity index (χ1n) is 7.39. The number of aliphatic hydroxyl groups excluding tert-OH is 1. The molecular weight excluding hydrogens is 268 g/mol. The largest absolute Gasteiger partial charge is 0.380 e. The van der Waals surface area contributed by atoms with E-state index in [0.29, 0.717) is 6.42 Å². The van der Waals surface area contributed by atoms with Crippen molar-refractivity contribution in [3.63, 3.8) is 0 Å². The van der Waals surface area contributed by atoms with Crippen LogP contribution < -0.4 is 0 Å². The van der Waals surface area contributed by atoms with Gasteiger partial charge in [-0.05, 0) is 40.5 Å². The minimum atomic E-state index is -0.718. The maximum Gasteiger partial charge on any atom is 0.118 e. The zero-order valence-electron chi connectivity index (χ0n) is 12.6. The fourth-order valence-electron chi connectivity index (χ4n) is 2.63. The summed E-state index contributed by atoms with van der Waals surface area (Å²) in [6, 6.07) is 21.2. The molecule has 3 aromatic rings. The summed E-state index contributed by atoms with van der Waals surface area (Å²) < 4.78 is 0. The van der Waals surface area contributed by atoms with Crippen molar-refractivity contribution in [2.24, 2.45) is 0 Å². The van der Waals surface area contributed by atoms with E-state index in [4.69, 9.17) is 6.42 Å². The summed E-state index contributed by atoms with van der Waals surface area (Å²) >= 11 is 0. The second-order valence-corrected chi connectivity index (χ2v) is 5.65. The van der Waals surface area contributed by atoms with E-state index in [0.717, 1.165) is 10.9 Å². The van der Waals surface area contributed by atoms with Crippen molar-refractivity contribution < 1.29 is 5.11 Å². The minimum Gasteiger partial charge on any atom is -0.380 e. The van der Waals surface area contributed by atoms with Gasteiger partial charge in [0.15, 0.2) is 0 Å². The van der Waals surface area contributed by atoms with Gasteiger partial charge < -0.3 is 5.11 Å². The zero-order chi connectivity index (χ0) is 15.5. The Morgan fingerprint density at radius 3 is 2.27 bits per heavy atom. The lowest BCUT2D eigenvalue weighted by molar-refractivity contribution is 0.233. The molecule has 0 saturated carbocycles. The molecule has 22 heavy (non-hydrogen) atoms. The van der Waals surface area contributed by atoms with Crippen LogP contribution >= 0.6 is 0 Å². The van der Waals surface area contributed by atoms with Crippen LogP contribution in [0.2, 0.25) is 0 Å². The number of benzene rings is 3. The SMILES string of the molecule is C#CC(O)Cc1ccc2cc(-c3ccc(C)cc3)ccc2c1. The highest BCUT2D eigenvalue weighted by Crippen LogP contribution is 2.25. The van der Waals surface area contributed by atoms with Gasteiger partial charge in [-0.2, -0.15) is 0 Å². The Morgan fingerprint density at radius 2 is 1.55 bits per heavy atom. The average molecular weight is 286 g/mol. The molecule has 1 nitrogen and oxygen atoms in total. The van der Waals surface area contributed by atoms with E-state index < -0.39 is 6.10 Å². The topological polar surface area (TPSA) is 20.2 Å². The molecule has 108 valence electrons. The number of fused-ring (bicyclic) bond motifs is 1. The van der Waals surface area contributed by atoms with Gasteiger partial charge in [0, 0.05) is 6.42 Å². The molecule has 0 aliphatic rings. The summed E-state index contributed by atoms with van der Waals surface area (Å²) in [5.74, 6) is 2.35. The third-order valence-corrected chi connectivity index (χ3v) is 3.91. The predicted octanol–water partition coefficient (Wildman–Crippen LogP) is 4.35. The van der Waals surface area contributed by atoms with Gasteiger partial charge in [-0.15, -0.1) is 6.42 Å². The molecule has 0 aliphatic carbocycles. The average Bonchev–Trinajstić information content (AvgIpc) is 2.55. The van der Waals surface area contributed by atoms with Gasteiger partial charge in [0.1, 0.15) is 6.10 Å². The lowest BCUT2D eigenvalue weighted by Gasteiger charge is -2.08. The third-order valence-electron chi connectivity index (χ3n) is 3.91. The highest BCUT2D eigenvalue weighted by molar-refractivity contribution is 5.87. The van der Waals surface area contributed by atoms with Gasteiger partial charge in [0.05, 0.1) is 0 Å². The van der Waals surface area contributed by atoms with E-state index >= 15 is 0 Å². The number of aryl methyl sites for hydroxylation is 1. The Hall–Kier alpha value is -2.56. The Balaban J connectivity index is 1.96. The third kappa shape index (κ3) is 3.03. The van der Waals surface area contributed by atoms with Crippen molar-refractivity contribution in [3.05, 3.63) is 71.8 Å². The molecule has 0 saturated heterocycles. The van der Waals surface area contributed by atoms with E-state index in [1.54, 1.807) is 0 Å².